The van der Waals surface area contributed by atoms with Gasteiger partial charge in [-0.1, -0.05) is 59.5 Å². The van der Waals surface area contributed by atoms with Gasteiger partial charge in [-0.2, -0.15) is 0 Å². The molecule has 0 unspecified atom stereocenters. The van der Waals surface area contributed by atoms with E-state index in [4.69, 9.17) is 4.42 Å². The SMILES string of the molecule is C=CCSc1nnc(NC(=O)Cc2coc3ccc4ccccc4c23)s1. The van der Waals surface area contributed by atoms with E-state index in [2.05, 4.69) is 28.2 Å². The van der Waals surface area contributed by atoms with Crippen molar-refractivity contribution in [3.8, 4) is 0 Å². The Morgan fingerprint density at radius 1 is 1.27 bits per heavy atom. The molecule has 0 radical (unpaired) electrons. The highest BCUT2D eigenvalue weighted by molar-refractivity contribution is 8.01. The first-order valence-corrected chi connectivity index (χ1v) is 9.79. The summed E-state index contributed by atoms with van der Waals surface area (Å²) in [5.41, 5.74) is 1.64. The number of hydrogen-bond donors (Lipinski definition) is 1. The number of amides is 1. The fourth-order valence-electron chi connectivity index (χ4n) is 2.79. The van der Waals surface area contributed by atoms with Crippen molar-refractivity contribution in [1.29, 1.82) is 0 Å². The van der Waals surface area contributed by atoms with Gasteiger partial charge in [-0.25, -0.2) is 0 Å². The van der Waals surface area contributed by atoms with Gasteiger partial charge in [-0.05, 0) is 16.8 Å². The molecule has 4 rings (SSSR count). The van der Waals surface area contributed by atoms with Gasteiger partial charge in [0.15, 0.2) is 4.34 Å². The van der Waals surface area contributed by atoms with E-state index in [0.29, 0.717) is 5.13 Å². The molecule has 2 heterocycles. The number of fused-ring (bicyclic) bond motifs is 3. The lowest BCUT2D eigenvalue weighted by molar-refractivity contribution is -0.115. The first kappa shape index (κ1) is 16.8. The minimum Gasteiger partial charge on any atom is -0.464 e. The molecule has 4 aromatic rings. The predicted molar refractivity (Wildman–Crippen MR) is 107 cm³/mol. The maximum absolute atomic E-state index is 12.4. The molecule has 26 heavy (non-hydrogen) atoms. The van der Waals surface area contributed by atoms with Crippen LogP contribution in [0.4, 0.5) is 5.13 Å². The largest absolute Gasteiger partial charge is 0.464 e. The van der Waals surface area contributed by atoms with Gasteiger partial charge in [0.25, 0.3) is 0 Å². The molecule has 0 aliphatic rings. The van der Waals surface area contributed by atoms with Crippen LogP contribution in [-0.4, -0.2) is 21.9 Å². The predicted octanol–water partition coefficient (Wildman–Crippen LogP) is 4.90. The summed E-state index contributed by atoms with van der Waals surface area (Å²) in [6.07, 6.45) is 3.68. The van der Waals surface area contributed by atoms with Crippen molar-refractivity contribution in [2.24, 2.45) is 0 Å². The Labute approximate surface area is 158 Å². The number of hydrogen-bond acceptors (Lipinski definition) is 6. The number of nitrogens with zero attached hydrogens (tertiary/aromatic N) is 2. The minimum absolute atomic E-state index is 0.142. The van der Waals surface area contributed by atoms with Gasteiger partial charge in [0, 0.05) is 16.7 Å². The van der Waals surface area contributed by atoms with Crippen molar-refractivity contribution in [2.45, 2.75) is 10.8 Å². The van der Waals surface area contributed by atoms with E-state index in [9.17, 15) is 4.79 Å². The number of thioether (sulfide) groups is 1. The average Bonchev–Trinajstić information content (AvgIpc) is 3.27. The number of furan rings is 1. The molecule has 7 heteroatoms. The van der Waals surface area contributed by atoms with Crippen molar-refractivity contribution < 1.29 is 9.21 Å². The number of carbonyl (C=O) groups is 1. The Kier molecular flexibility index (Phi) is 4.73. The van der Waals surface area contributed by atoms with Crippen LogP contribution in [-0.2, 0) is 11.2 Å². The maximum Gasteiger partial charge on any atom is 0.230 e. The molecule has 2 aromatic heterocycles. The molecule has 2 aromatic carbocycles. The van der Waals surface area contributed by atoms with Gasteiger partial charge < -0.3 is 9.73 Å². The maximum atomic E-state index is 12.4. The van der Waals surface area contributed by atoms with Gasteiger partial charge in [0.1, 0.15) is 5.58 Å². The molecular weight excluding hydrogens is 366 g/mol. The van der Waals surface area contributed by atoms with E-state index in [1.54, 1.807) is 12.3 Å². The van der Waals surface area contributed by atoms with E-state index in [0.717, 1.165) is 37.4 Å². The van der Waals surface area contributed by atoms with Crippen LogP contribution >= 0.6 is 23.1 Å². The van der Waals surface area contributed by atoms with Gasteiger partial charge in [0.05, 0.1) is 12.7 Å². The Morgan fingerprint density at radius 3 is 3.04 bits per heavy atom. The molecule has 0 aliphatic carbocycles. The number of carbonyl (C=O) groups excluding carboxylic acids is 1. The van der Waals surface area contributed by atoms with Gasteiger partial charge in [0.2, 0.25) is 11.0 Å². The standard InChI is InChI=1S/C19H15N3O2S2/c1-2-9-25-19-22-21-18(26-19)20-16(23)10-13-11-24-15-8-7-12-5-3-4-6-14(12)17(13)15/h2-8,11H,1,9-10H2,(H,20,21,23). The Hall–Kier alpha value is -2.64. The molecule has 1 amide bonds. The lowest BCUT2D eigenvalue weighted by Gasteiger charge is -2.02. The third-order valence-corrected chi connectivity index (χ3v) is 5.84. The van der Waals surface area contributed by atoms with Crippen molar-refractivity contribution in [3.63, 3.8) is 0 Å². The van der Waals surface area contributed by atoms with Crippen molar-refractivity contribution in [3.05, 3.63) is 60.9 Å². The monoisotopic (exact) mass is 381 g/mol. The number of anilines is 1. The quantitative estimate of drug-likeness (QED) is 0.292. The summed E-state index contributed by atoms with van der Waals surface area (Å²) in [5.74, 6) is 0.619. The molecule has 0 fully saturated rings. The van der Waals surface area contributed by atoms with Crippen LogP contribution in [0.5, 0.6) is 0 Å². The summed E-state index contributed by atoms with van der Waals surface area (Å²) in [6, 6.07) is 12.0. The molecule has 5 nitrogen and oxygen atoms in total. The fraction of sp³-hybridized carbons (Fsp3) is 0.105. The second-order valence-corrected chi connectivity index (χ2v) is 7.86. The highest BCUT2D eigenvalue weighted by atomic mass is 32.2. The number of rotatable bonds is 6. The van der Waals surface area contributed by atoms with Gasteiger partial charge in [-0.3, -0.25) is 4.79 Å². The number of benzene rings is 2. The molecule has 130 valence electrons. The first-order valence-electron chi connectivity index (χ1n) is 7.99. The van der Waals surface area contributed by atoms with Crippen LogP contribution in [0, 0.1) is 0 Å². The number of nitrogens with one attached hydrogen (secondary N) is 1. The summed E-state index contributed by atoms with van der Waals surface area (Å²) < 4.78 is 6.44. The topological polar surface area (TPSA) is 68.0 Å². The Morgan fingerprint density at radius 2 is 2.15 bits per heavy atom. The third-order valence-electron chi connectivity index (χ3n) is 3.87. The van der Waals surface area contributed by atoms with E-state index in [1.807, 2.05) is 30.3 Å². The lowest BCUT2D eigenvalue weighted by atomic mass is 10.0. The summed E-state index contributed by atoms with van der Waals surface area (Å²) in [4.78, 5) is 12.4. The fourth-order valence-corrected chi connectivity index (χ4v) is 4.32. The van der Waals surface area contributed by atoms with E-state index < -0.39 is 0 Å². The smallest absolute Gasteiger partial charge is 0.230 e. The van der Waals surface area contributed by atoms with Crippen LogP contribution in [0.2, 0.25) is 0 Å². The first-order chi connectivity index (χ1) is 12.7. The zero-order valence-electron chi connectivity index (χ0n) is 13.8. The van der Waals surface area contributed by atoms with Gasteiger partial charge in [-0.15, -0.1) is 16.8 Å². The van der Waals surface area contributed by atoms with Crippen LogP contribution in [0.1, 0.15) is 5.56 Å². The molecular formula is C19H15N3O2S2. The minimum atomic E-state index is -0.142. The van der Waals surface area contributed by atoms with Crippen LogP contribution < -0.4 is 5.32 Å². The van der Waals surface area contributed by atoms with E-state index in [1.165, 1.54) is 23.1 Å². The Bertz CT molecular complexity index is 1100. The van der Waals surface area contributed by atoms with Crippen molar-refractivity contribution in [2.75, 3.05) is 11.1 Å². The Balaban J connectivity index is 1.55. The van der Waals surface area contributed by atoms with Crippen LogP contribution in [0.25, 0.3) is 21.7 Å². The lowest BCUT2D eigenvalue weighted by Crippen LogP contribution is -2.14. The van der Waals surface area contributed by atoms with E-state index in [-0.39, 0.29) is 12.3 Å². The normalized spacial score (nSPS) is 11.1. The molecule has 0 atom stereocenters. The molecule has 0 spiro atoms. The molecule has 0 aliphatic heterocycles. The zero-order valence-corrected chi connectivity index (χ0v) is 15.4. The third kappa shape index (κ3) is 3.36. The second-order valence-electron chi connectivity index (χ2n) is 5.62. The molecule has 1 N–H and O–H groups in total. The summed E-state index contributed by atoms with van der Waals surface area (Å²) in [7, 11) is 0. The summed E-state index contributed by atoms with van der Waals surface area (Å²) in [5, 5.41) is 14.6. The van der Waals surface area contributed by atoms with Gasteiger partial charge >= 0.3 is 0 Å². The van der Waals surface area contributed by atoms with Crippen LogP contribution in [0.3, 0.4) is 0 Å². The number of aromatic nitrogens is 2. The highest BCUT2D eigenvalue weighted by Gasteiger charge is 2.14. The summed E-state index contributed by atoms with van der Waals surface area (Å²) >= 11 is 2.90. The van der Waals surface area contributed by atoms with E-state index >= 15 is 0 Å². The molecule has 0 saturated carbocycles. The average molecular weight is 381 g/mol. The molecule has 0 saturated heterocycles. The van der Waals surface area contributed by atoms with Crippen molar-refractivity contribution >= 4 is 55.9 Å². The highest BCUT2D eigenvalue weighted by Crippen LogP contribution is 2.30. The van der Waals surface area contributed by atoms with Crippen LogP contribution in [0.15, 0.2) is 64.1 Å². The van der Waals surface area contributed by atoms with Crippen molar-refractivity contribution in [1.82, 2.24) is 10.2 Å². The zero-order chi connectivity index (χ0) is 17.9. The second kappa shape index (κ2) is 7.31. The summed E-state index contributed by atoms with van der Waals surface area (Å²) in [6.45, 7) is 3.68. The molecule has 0 bridgehead atoms.